The Morgan fingerprint density at radius 3 is 2.28 bits per heavy atom. The Hall–Kier alpha value is -1.17. The second-order valence-corrected chi connectivity index (χ2v) is 6.65. The highest BCUT2D eigenvalue weighted by Gasteiger charge is 2.18. The third kappa shape index (κ3) is 3.94. The van der Waals surface area contributed by atoms with Crippen LogP contribution in [-0.4, -0.2) is 15.2 Å². The van der Waals surface area contributed by atoms with Crippen molar-refractivity contribution in [3.05, 3.63) is 35.1 Å². The fraction of sp³-hybridized carbons (Fsp3) is 0.417. The molecule has 0 saturated heterocycles. The molecule has 0 N–H and O–H groups in total. The van der Waals surface area contributed by atoms with Crippen LogP contribution in [0.15, 0.2) is 16.5 Å². The minimum absolute atomic E-state index is 0.0245. The van der Waals surface area contributed by atoms with Crippen LogP contribution in [0.25, 0.3) is 0 Å². The zero-order valence-electron chi connectivity index (χ0n) is 10.3. The van der Waals surface area contributed by atoms with Crippen LogP contribution in [0.1, 0.15) is 26.3 Å². The van der Waals surface area contributed by atoms with Gasteiger partial charge in [0, 0.05) is 18.7 Å². The van der Waals surface area contributed by atoms with Gasteiger partial charge in [-0.25, -0.2) is 17.4 Å². The van der Waals surface area contributed by atoms with Crippen molar-refractivity contribution < 1.29 is 17.4 Å². The van der Waals surface area contributed by atoms with E-state index in [1.54, 1.807) is 20.8 Å². The predicted molar refractivity (Wildman–Crippen MR) is 66.4 cm³/mol. The van der Waals surface area contributed by atoms with Gasteiger partial charge in [-0.2, -0.15) is 4.40 Å². The van der Waals surface area contributed by atoms with Crippen LogP contribution in [0.4, 0.5) is 13.2 Å². The monoisotopic (exact) mass is 277 g/mol. The zero-order chi connectivity index (χ0) is 13.9. The second-order valence-electron chi connectivity index (χ2n) is 4.71. The van der Waals surface area contributed by atoms with Crippen LogP contribution in [0.5, 0.6) is 0 Å². The highest BCUT2D eigenvalue weighted by Crippen LogP contribution is 2.15. The molecule has 1 aromatic rings. The molecule has 1 atom stereocenters. The Bertz CT molecular complexity index is 495. The van der Waals surface area contributed by atoms with E-state index in [9.17, 15) is 17.4 Å². The summed E-state index contributed by atoms with van der Waals surface area (Å²) in [4.78, 5) is 0. The Morgan fingerprint density at radius 1 is 1.17 bits per heavy atom. The van der Waals surface area contributed by atoms with Gasteiger partial charge in [0.15, 0.2) is 11.6 Å². The second kappa shape index (κ2) is 5.65. The number of rotatable bonds is 3. The van der Waals surface area contributed by atoms with E-state index in [-0.39, 0.29) is 12.0 Å². The van der Waals surface area contributed by atoms with Gasteiger partial charge >= 0.3 is 0 Å². The quantitative estimate of drug-likeness (QED) is 0.616. The molecule has 6 heteroatoms. The van der Waals surface area contributed by atoms with Gasteiger partial charge in [-0.1, -0.05) is 0 Å². The molecule has 1 rings (SSSR count). The number of nitrogens with zero attached hydrogens (tertiary/aromatic N) is 1. The van der Waals surface area contributed by atoms with Crippen LogP contribution < -0.4 is 0 Å². The fourth-order valence-electron chi connectivity index (χ4n) is 1.08. The molecule has 0 heterocycles. The molecule has 0 aliphatic rings. The van der Waals surface area contributed by atoms with Gasteiger partial charge in [0.25, 0.3) is 0 Å². The van der Waals surface area contributed by atoms with Gasteiger partial charge in [0.2, 0.25) is 0 Å². The highest BCUT2D eigenvalue weighted by molar-refractivity contribution is 7.85. The van der Waals surface area contributed by atoms with Gasteiger partial charge < -0.3 is 0 Å². The lowest BCUT2D eigenvalue weighted by Crippen LogP contribution is -2.19. The maximum absolute atomic E-state index is 13.2. The van der Waals surface area contributed by atoms with E-state index >= 15 is 0 Å². The molecule has 18 heavy (non-hydrogen) atoms. The third-order valence-electron chi connectivity index (χ3n) is 2.09. The molecule has 0 aliphatic heterocycles. The smallest absolute Gasteiger partial charge is 0.161 e. The summed E-state index contributed by atoms with van der Waals surface area (Å²) in [5.41, 5.74) is -0.0245. The van der Waals surface area contributed by atoms with Crippen molar-refractivity contribution >= 4 is 17.2 Å². The fourth-order valence-corrected chi connectivity index (χ4v) is 1.61. The SMILES string of the molecule is CC(C)(C)S(=O)N=CCc1cc(F)c(F)cc1F. The first-order chi connectivity index (χ1) is 8.21. The van der Waals surface area contributed by atoms with E-state index in [0.717, 1.165) is 6.07 Å². The standard InChI is InChI=1S/C12H14F3NOS/c1-12(2,3)18(17)16-5-4-8-6-10(14)11(15)7-9(8)13/h5-7H,4H2,1-3H3. The topological polar surface area (TPSA) is 29.4 Å². The van der Waals surface area contributed by atoms with E-state index in [0.29, 0.717) is 6.07 Å². The van der Waals surface area contributed by atoms with Gasteiger partial charge in [-0.15, -0.1) is 0 Å². The van der Waals surface area contributed by atoms with Crippen molar-refractivity contribution in [2.45, 2.75) is 31.9 Å². The average molecular weight is 277 g/mol. The Morgan fingerprint density at radius 2 is 1.72 bits per heavy atom. The molecule has 100 valence electrons. The summed E-state index contributed by atoms with van der Waals surface area (Å²) in [6.45, 7) is 5.25. The van der Waals surface area contributed by atoms with Crippen molar-refractivity contribution in [3.8, 4) is 0 Å². The Labute approximate surface area is 107 Å². The van der Waals surface area contributed by atoms with Crippen molar-refractivity contribution in [3.63, 3.8) is 0 Å². The van der Waals surface area contributed by atoms with Crippen LogP contribution in [0, 0.1) is 17.5 Å². The molecule has 0 bridgehead atoms. The van der Waals surface area contributed by atoms with Crippen molar-refractivity contribution in [1.82, 2.24) is 0 Å². The van der Waals surface area contributed by atoms with Crippen LogP contribution in [0.2, 0.25) is 0 Å². The molecule has 1 aromatic carbocycles. The molecule has 0 amide bonds. The first-order valence-corrected chi connectivity index (χ1v) is 6.40. The molecule has 0 spiro atoms. The van der Waals surface area contributed by atoms with E-state index < -0.39 is 33.2 Å². The largest absolute Gasteiger partial charge is 0.234 e. The van der Waals surface area contributed by atoms with E-state index in [2.05, 4.69) is 4.40 Å². The minimum atomic E-state index is -1.45. The number of halogens is 3. The molecule has 0 radical (unpaired) electrons. The Kier molecular flexibility index (Phi) is 4.67. The molecule has 1 unspecified atom stereocenters. The van der Waals surface area contributed by atoms with Crippen LogP contribution >= 0.6 is 0 Å². The summed E-state index contributed by atoms with van der Waals surface area (Å²) < 4.78 is 53.6. The molecular weight excluding hydrogens is 263 g/mol. The normalized spacial score (nSPS) is 14.1. The van der Waals surface area contributed by atoms with E-state index in [1.165, 1.54) is 6.21 Å². The molecular formula is C12H14F3NOS. The lowest BCUT2D eigenvalue weighted by Gasteiger charge is -2.12. The van der Waals surface area contributed by atoms with Gasteiger partial charge in [-0.05, 0) is 32.4 Å². The van der Waals surface area contributed by atoms with Crippen LogP contribution in [0.3, 0.4) is 0 Å². The van der Waals surface area contributed by atoms with E-state index in [4.69, 9.17) is 0 Å². The van der Waals surface area contributed by atoms with Crippen LogP contribution in [-0.2, 0) is 17.4 Å². The molecule has 0 saturated carbocycles. The zero-order valence-corrected chi connectivity index (χ0v) is 11.2. The van der Waals surface area contributed by atoms with Gasteiger partial charge in [0.1, 0.15) is 16.8 Å². The average Bonchev–Trinajstić information content (AvgIpc) is 2.23. The first-order valence-electron chi connectivity index (χ1n) is 5.30. The highest BCUT2D eigenvalue weighted by atomic mass is 32.2. The van der Waals surface area contributed by atoms with Crippen molar-refractivity contribution in [2.75, 3.05) is 0 Å². The predicted octanol–water partition coefficient (Wildman–Crippen LogP) is 3.18. The maximum atomic E-state index is 13.2. The van der Waals surface area contributed by atoms with Gasteiger partial charge in [0.05, 0.1) is 4.75 Å². The van der Waals surface area contributed by atoms with Gasteiger partial charge in [-0.3, -0.25) is 0 Å². The Balaban J connectivity index is 2.79. The summed E-state index contributed by atoms with van der Waals surface area (Å²) in [6, 6.07) is 1.26. The lowest BCUT2D eigenvalue weighted by atomic mass is 10.1. The molecule has 0 aromatic heterocycles. The summed E-state index contributed by atoms with van der Waals surface area (Å²) in [7, 11) is -1.45. The number of hydrogen-bond acceptors (Lipinski definition) is 1. The summed E-state index contributed by atoms with van der Waals surface area (Å²) in [6.07, 6.45) is 1.21. The van der Waals surface area contributed by atoms with E-state index in [1.807, 2.05) is 0 Å². The van der Waals surface area contributed by atoms with Crippen molar-refractivity contribution in [2.24, 2.45) is 4.40 Å². The minimum Gasteiger partial charge on any atom is -0.234 e. The summed E-state index contributed by atoms with van der Waals surface area (Å²) >= 11 is 0. The lowest BCUT2D eigenvalue weighted by molar-refractivity contribution is 0.491. The first kappa shape index (κ1) is 14.9. The molecule has 0 fully saturated rings. The third-order valence-corrected chi connectivity index (χ3v) is 3.48. The molecule has 2 nitrogen and oxygen atoms in total. The number of benzene rings is 1. The summed E-state index contributed by atoms with van der Waals surface area (Å²) in [5, 5.41) is 0. The number of hydrogen-bond donors (Lipinski definition) is 0. The molecule has 0 aliphatic carbocycles. The maximum Gasteiger partial charge on any atom is 0.161 e. The summed E-state index contributed by atoms with van der Waals surface area (Å²) in [5.74, 6) is -3.19. The van der Waals surface area contributed by atoms with Crippen molar-refractivity contribution in [1.29, 1.82) is 0 Å².